The van der Waals surface area contributed by atoms with Gasteiger partial charge < -0.3 is 10.1 Å². The Morgan fingerprint density at radius 3 is 3.00 bits per heavy atom. The molecule has 1 aliphatic heterocycles. The first kappa shape index (κ1) is 11.1. The standard InChI is InChI=1S/C12H19NOS/c1-9-5-6-15-12(9)8-13-7-11-4-3-10(2)14-11/h5-6,10-11,13H,3-4,7-8H2,1-2H3. The number of aryl methyl sites for hydroxylation is 1. The van der Waals surface area contributed by atoms with Gasteiger partial charge in [0.05, 0.1) is 12.2 Å². The van der Waals surface area contributed by atoms with E-state index in [0.29, 0.717) is 12.2 Å². The zero-order valence-electron chi connectivity index (χ0n) is 9.45. The minimum absolute atomic E-state index is 0.431. The molecular formula is C12H19NOS. The number of hydrogen-bond donors (Lipinski definition) is 1. The molecule has 1 aliphatic rings. The van der Waals surface area contributed by atoms with Crippen molar-refractivity contribution in [1.29, 1.82) is 0 Å². The van der Waals surface area contributed by atoms with Crippen LogP contribution in [0.15, 0.2) is 11.4 Å². The molecule has 2 unspecified atom stereocenters. The summed E-state index contributed by atoms with van der Waals surface area (Å²) in [6.07, 6.45) is 3.31. The lowest BCUT2D eigenvalue weighted by Crippen LogP contribution is -2.26. The fourth-order valence-electron chi connectivity index (χ4n) is 1.97. The highest BCUT2D eigenvalue weighted by atomic mass is 32.1. The van der Waals surface area contributed by atoms with Gasteiger partial charge in [0.2, 0.25) is 0 Å². The monoisotopic (exact) mass is 225 g/mol. The molecule has 2 nitrogen and oxygen atoms in total. The van der Waals surface area contributed by atoms with Gasteiger partial charge in [0.15, 0.2) is 0 Å². The maximum atomic E-state index is 5.75. The van der Waals surface area contributed by atoms with Crippen molar-refractivity contribution in [2.24, 2.45) is 0 Å². The average molecular weight is 225 g/mol. The Balaban J connectivity index is 1.69. The second-order valence-corrected chi connectivity index (χ2v) is 5.30. The van der Waals surface area contributed by atoms with Gasteiger partial charge in [-0.2, -0.15) is 0 Å². The topological polar surface area (TPSA) is 21.3 Å². The maximum Gasteiger partial charge on any atom is 0.0704 e. The van der Waals surface area contributed by atoms with E-state index in [1.54, 1.807) is 0 Å². The van der Waals surface area contributed by atoms with Gasteiger partial charge in [-0.05, 0) is 43.7 Å². The Morgan fingerprint density at radius 1 is 1.53 bits per heavy atom. The van der Waals surface area contributed by atoms with E-state index in [9.17, 15) is 0 Å². The van der Waals surface area contributed by atoms with Crippen molar-refractivity contribution in [2.45, 2.75) is 45.4 Å². The van der Waals surface area contributed by atoms with Crippen molar-refractivity contribution >= 4 is 11.3 Å². The van der Waals surface area contributed by atoms with Gasteiger partial charge in [-0.3, -0.25) is 0 Å². The minimum Gasteiger partial charge on any atom is -0.374 e. The van der Waals surface area contributed by atoms with Crippen molar-refractivity contribution in [3.8, 4) is 0 Å². The van der Waals surface area contributed by atoms with Crippen LogP contribution in [0.4, 0.5) is 0 Å². The van der Waals surface area contributed by atoms with Crippen LogP contribution in [0.1, 0.15) is 30.2 Å². The Kier molecular flexibility index (Phi) is 3.78. The van der Waals surface area contributed by atoms with Gasteiger partial charge in [-0.25, -0.2) is 0 Å². The molecule has 0 aromatic carbocycles. The predicted octanol–water partition coefficient (Wildman–Crippen LogP) is 2.71. The Labute approximate surface area is 95.6 Å². The molecule has 1 aromatic heterocycles. The van der Waals surface area contributed by atoms with Crippen LogP contribution in [0.3, 0.4) is 0 Å². The van der Waals surface area contributed by atoms with Crippen LogP contribution >= 0.6 is 11.3 Å². The van der Waals surface area contributed by atoms with Gasteiger partial charge >= 0.3 is 0 Å². The summed E-state index contributed by atoms with van der Waals surface area (Å²) in [5, 5.41) is 5.63. The van der Waals surface area contributed by atoms with Crippen molar-refractivity contribution in [3.05, 3.63) is 21.9 Å². The second kappa shape index (κ2) is 5.10. The van der Waals surface area contributed by atoms with Crippen LogP contribution < -0.4 is 5.32 Å². The highest BCUT2D eigenvalue weighted by Crippen LogP contribution is 2.19. The SMILES string of the molecule is Cc1ccsc1CNCC1CCC(C)O1. The van der Waals surface area contributed by atoms with Crippen LogP contribution in [-0.2, 0) is 11.3 Å². The molecular weight excluding hydrogens is 206 g/mol. The van der Waals surface area contributed by atoms with Gasteiger partial charge in [-0.1, -0.05) is 0 Å². The third-order valence-corrected chi connectivity index (χ3v) is 3.97. The molecule has 84 valence electrons. The minimum atomic E-state index is 0.431. The number of hydrogen-bond acceptors (Lipinski definition) is 3. The van der Waals surface area contributed by atoms with E-state index in [1.165, 1.54) is 23.3 Å². The lowest BCUT2D eigenvalue weighted by atomic mass is 10.2. The third-order valence-electron chi connectivity index (χ3n) is 2.95. The summed E-state index contributed by atoms with van der Waals surface area (Å²) in [5.74, 6) is 0. The summed E-state index contributed by atoms with van der Waals surface area (Å²) < 4.78 is 5.75. The largest absolute Gasteiger partial charge is 0.374 e. The highest BCUT2D eigenvalue weighted by Gasteiger charge is 2.20. The molecule has 0 saturated carbocycles. The Morgan fingerprint density at radius 2 is 2.40 bits per heavy atom. The molecule has 2 heterocycles. The van der Waals surface area contributed by atoms with Crippen molar-refractivity contribution < 1.29 is 4.74 Å². The molecule has 2 atom stereocenters. The molecule has 2 rings (SSSR count). The van der Waals surface area contributed by atoms with Crippen LogP contribution in [0.25, 0.3) is 0 Å². The molecule has 3 heteroatoms. The first-order chi connectivity index (χ1) is 7.25. The predicted molar refractivity (Wildman–Crippen MR) is 64.3 cm³/mol. The molecule has 1 saturated heterocycles. The molecule has 1 fully saturated rings. The highest BCUT2D eigenvalue weighted by molar-refractivity contribution is 7.10. The molecule has 0 spiro atoms. The first-order valence-corrected chi connectivity index (χ1v) is 6.53. The zero-order chi connectivity index (χ0) is 10.7. The third kappa shape index (κ3) is 3.03. The first-order valence-electron chi connectivity index (χ1n) is 5.65. The van der Waals surface area contributed by atoms with Crippen molar-refractivity contribution in [2.75, 3.05) is 6.54 Å². The summed E-state index contributed by atoms with van der Waals surface area (Å²) in [6.45, 7) is 6.30. The molecule has 1 N–H and O–H groups in total. The van der Waals surface area contributed by atoms with Crippen LogP contribution in [0.2, 0.25) is 0 Å². The molecule has 0 amide bonds. The van der Waals surface area contributed by atoms with E-state index in [-0.39, 0.29) is 0 Å². The van der Waals surface area contributed by atoms with Crippen molar-refractivity contribution in [1.82, 2.24) is 5.32 Å². The van der Waals surface area contributed by atoms with E-state index in [4.69, 9.17) is 4.74 Å². The number of rotatable bonds is 4. The average Bonchev–Trinajstić information content (AvgIpc) is 2.77. The fourth-order valence-corrected chi connectivity index (χ4v) is 2.84. The zero-order valence-corrected chi connectivity index (χ0v) is 10.3. The lowest BCUT2D eigenvalue weighted by Gasteiger charge is -2.11. The molecule has 0 aliphatic carbocycles. The summed E-state index contributed by atoms with van der Waals surface area (Å²) in [6, 6.07) is 2.18. The van der Waals surface area contributed by atoms with Gasteiger partial charge in [0.1, 0.15) is 0 Å². The van der Waals surface area contributed by atoms with Gasteiger partial charge in [-0.15, -0.1) is 11.3 Å². The van der Waals surface area contributed by atoms with Gasteiger partial charge in [0.25, 0.3) is 0 Å². The molecule has 0 radical (unpaired) electrons. The lowest BCUT2D eigenvalue weighted by molar-refractivity contribution is 0.0559. The number of thiophene rings is 1. The van der Waals surface area contributed by atoms with E-state index < -0.39 is 0 Å². The summed E-state index contributed by atoms with van der Waals surface area (Å²) in [5.41, 5.74) is 1.40. The van der Waals surface area contributed by atoms with E-state index >= 15 is 0 Å². The molecule has 1 aromatic rings. The number of ether oxygens (including phenoxy) is 1. The second-order valence-electron chi connectivity index (χ2n) is 4.30. The summed E-state index contributed by atoms with van der Waals surface area (Å²) >= 11 is 1.83. The van der Waals surface area contributed by atoms with Crippen LogP contribution in [0.5, 0.6) is 0 Å². The molecule has 15 heavy (non-hydrogen) atoms. The quantitative estimate of drug-likeness (QED) is 0.850. The van der Waals surface area contributed by atoms with E-state index in [1.807, 2.05) is 11.3 Å². The Hall–Kier alpha value is -0.380. The fraction of sp³-hybridized carbons (Fsp3) is 0.667. The molecule has 0 bridgehead atoms. The number of nitrogens with one attached hydrogen (secondary N) is 1. The summed E-state index contributed by atoms with van der Waals surface area (Å²) in [4.78, 5) is 1.45. The van der Waals surface area contributed by atoms with Crippen LogP contribution in [-0.4, -0.2) is 18.8 Å². The smallest absolute Gasteiger partial charge is 0.0704 e. The van der Waals surface area contributed by atoms with Crippen LogP contribution in [0, 0.1) is 6.92 Å². The maximum absolute atomic E-state index is 5.75. The Bertz CT molecular complexity index is 310. The van der Waals surface area contributed by atoms with Gasteiger partial charge in [0, 0.05) is 18.0 Å². The van der Waals surface area contributed by atoms with E-state index in [0.717, 1.165) is 13.1 Å². The normalized spacial score (nSPS) is 26.0. The summed E-state index contributed by atoms with van der Waals surface area (Å²) in [7, 11) is 0. The van der Waals surface area contributed by atoms with Crippen molar-refractivity contribution in [3.63, 3.8) is 0 Å². The van der Waals surface area contributed by atoms with E-state index in [2.05, 4.69) is 30.6 Å².